The minimum Gasteiger partial charge on any atom is -0.508 e. The lowest BCUT2D eigenvalue weighted by molar-refractivity contribution is -0.135. The van der Waals surface area contributed by atoms with Gasteiger partial charge in [-0.05, 0) is 52.9 Å². The number of aromatic hydroxyl groups is 1. The SMILES string of the molecule is O=C(OCC(=O)N1CCc2ccccc2C1)c1ccc(-c2ccc(O)cc2)cc1. The third kappa shape index (κ3) is 4.29. The van der Waals surface area contributed by atoms with Crippen LogP contribution in [0.1, 0.15) is 21.5 Å². The summed E-state index contributed by atoms with van der Waals surface area (Å²) in [5, 5.41) is 9.37. The average molecular weight is 387 g/mol. The molecule has 1 aliphatic rings. The van der Waals surface area contributed by atoms with E-state index in [1.165, 1.54) is 5.56 Å². The van der Waals surface area contributed by atoms with E-state index in [-0.39, 0.29) is 18.3 Å². The maximum Gasteiger partial charge on any atom is 0.338 e. The van der Waals surface area contributed by atoms with Gasteiger partial charge >= 0.3 is 5.97 Å². The van der Waals surface area contributed by atoms with E-state index in [9.17, 15) is 14.7 Å². The van der Waals surface area contributed by atoms with E-state index in [0.29, 0.717) is 18.7 Å². The molecule has 1 amide bonds. The van der Waals surface area contributed by atoms with Gasteiger partial charge in [0.1, 0.15) is 5.75 Å². The van der Waals surface area contributed by atoms with Gasteiger partial charge in [-0.3, -0.25) is 4.79 Å². The zero-order chi connectivity index (χ0) is 20.2. The van der Waals surface area contributed by atoms with Crippen LogP contribution in [-0.4, -0.2) is 35.0 Å². The third-order valence-corrected chi connectivity index (χ3v) is 5.13. The summed E-state index contributed by atoms with van der Waals surface area (Å²) in [5.74, 6) is -0.502. The fraction of sp³-hybridized carbons (Fsp3) is 0.167. The summed E-state index contributed by atoms with van der Waals surface area (Å²) in [6.07, 6.45) is 0.814. The van der Waals surface area contributed by atoms with Crippen molar-refractivity contribution < 1.29 is 19.4 Å². The average Bonchev–Trinajstić information content (AvgIpc) is 2.77. The molecule has 0 atom stereocenters. The summed E-state index contributed by atoms with van der Waals surface area (Å²) >= 11 is 0. The van der Waals surface area contributed by atoms with Crippen LogP contribution >= 0.6 is 0 Å². The van der Waals surface area contributed by atoms with Crippen LogP contribution in [0.15, 0.2) is 72.8 Å². The van der Waals surface area contributed by atoms with E-state index in [4.69, 9.17) is 4.74 Å². The van der Waals surface area contributed by atoms with Crippen LogP contribution in [0.2, 0.25) is 0 Å². The first-order valence-corrected chi connectivity index (χ1v) is 9.51. The third-order valence-electron chi connectivity index (χ3n) is 5.13. The Balaban J connectivity index is 1.34. The smallest absolute Gasteiger partial charge is 0.338 e. The van der Waals surface area contributed by atoms with Gasteiger partial charge in [-0.25, -0.2) is 4.79 Å². The van der Waals surface area contributed by atoms with Gasteiger partial charge in [0.2, 0.25) is 0 Å². The summed E-state index contributed by atoms with van der Waals surface area (Å²) in [4.78, 5) is 26.5. The number of nitrogens with zero attached hydrogens (tertiary/aromatic N) is 1. The van der Waals surface area contributed by atoms with Crippen LogP contribution in [0.25, 0.3) is 11.1 Å². The molecule has 29 heavy (non-hydrogen) atoms. The number of ether oxygens (including phenoxy) is 1. The van der Waals surface area contributed by atoms with Gasteiger partial charge in [0.05, 0.1) is 5.56 Å². The molecule has 3 aromatic carbocycles. The second-order valence-corrected chi connectivity index (χ2v) is 7.03. The highest BCUT2D eigenvalue weighted by Crippen LogP contribution is 2.22. The minimum absolute atomic E-state index is 0.187. The molecule has 0 radical (unpaired) electrons. The van der Waals surface area contributed by atoms with Crippen molar-refractivity contribution in [1.82, 2.24) is 4.90 Å². The van der Waals surface area contributed by atoms with Crippen LogP contribution in [0, 0.1) is 0 Å². The Labute approximate surface area is 169 Å². The monoisotopic (exact) mass is 387 g/mol. The van der Waals surface area contributed by atoms with Gasteiger partial charge in [0, 0.05) is 13.1 Å². The van der Waals surface area contributed by atoms with E-state index in [1.54, 1.807) is 41.3 Å². The van der Waals surface area contributed by atoms with Gasteiger partial charge in [-0.1, -0.05) is 48.5 Å². The molecule has 5 heteroatoms. The van der Waals surface area contributed by atoms with Crippen LogP contribution < -0.4 is 0 Å². The van der Waals surface area contributed by atoms with Crippen molar-refractivity contribution in [2.75, 3.05) is 13.2 Å². The van der Waals surface area contributed by atoms with Crippen molar-refractivity contribution in [3.63, 3.8) is 0 Å². The van der Waals surface area contributed by atoms with E-state index >= 15 is 0 Å². The van der Waals surface area contributed by atoms with Gasteiger partial charge in [-0.2, -0.15) is 0 Å². The fourth-order valence-electron chi connectivity index (χ4n) is 3.46. The fourth-order valence-corrected chi connectivity index (χ4v) is 3.46. The molecule has 0 fully saturated rings. The highest BCUT2D eigenvalue weighted by molar-refractivity contribution is 5.92. The van der Waals surface area contributed by atoms with Gasteiger partial charge in [-0.15, -0.1) is 0 Å². The predicted molar refractivity (Wildman–Crippen MR) is 109 cm³/mol. The molecule has 0 saturated heterocycles. The van der Waals surface area contributed by atoms with Crippen LogP contribution in [0.4, 0.5) is 0 Å². The largest absolute Gasteiger partial charge is 0.508 e. The van der Waals surface area contributed by atoms with Crippen LogP contribution in [0.5, 0.6) is 5.75 Å². The lowest BCUT2D eigenvalue weighted by Crippen LogP contribution is -2.38. The van der Waals surface area contributed by atoms with Gasteiger partial charge < -0.3 is 14.7 Å². The maximum atomic E-state index is 12.4. The number of carbonyl (C=O) groups excluding carboxylic acids is 2. The van der Waals surface area contributed by atoms with Crippen molar-refractivity contribution in [2.24, 2.45) is 0 Å². The van der Waals surface area contributed by atoms with E-state index in [2.05, 4.69) is 6.07 Å². The number of fused-ring (bicyclic) bond motifs is 1. The Morgan fingerprint density at radius 2 is 1.48 bits per heavy atom. The zero-order valence-electron chi connectivity index (χ0n) is 15.9. The van der Waals surface area contributed by atoms with E-state index < -0.39 is 5.97 Å². The van der Waals surface area contributed by atoms with Crippen molar-refractivity contribution in [3.8, 4) is 16.9 Å². The van der Waals surface area contributed by atoms with Gasteiger partial charge in [0.25, 0.3) is 5.91 Å². The van der Waals surface area contributed by atoms with Crippen molar-refractivity contribution in [3.05, 3.63) is 89.5 Å². The number of esters is 1. The van der Waals surface area contributed by atoms with Gasteiger partial charge in [0.15, 0.2) is 6.61 Å². The second-order valence-electron chi connectivity index (χ2n) is 7.03. The summed E-state index contributed by atoms with van der Waals surface area (Å²) < 4.78 is 5.23. The number of amides is 1. The van der Waals surface area contributed by atoms with Crippen molar-refractivity contribution in [2.45, 2.75) is 13.0 Å². The number of benzene rings is 3. The Morgan fingerprint density at radius 3 is 2.17 bits per heavy atom. The molecule has 0 spiro atoms. The lowest BCUT2D eigenvalue weighted by Gasteiger charge is -2.28. The lowest BCUT2D eigenvalue weighted by atomic mass is 10.00. The highest BCUT2D eigenvalue weighted by Gasteiger charge is 2.21. The Hall–Kier alpha value is -3.60. The molecule has 0 bridgehead atoms. The maximum absolute atomic E-state index is 12.4. The van der Waals surface area contributed by atoms with E-state index in [1.807, 2.05) is 30.3 Å². The highest BCUT2D eigenvalue weighted by atomic mass is 16.5. The zero-order valence-corrected chi connectivity index (χ0v) is 15.9. The number of rotatable bonds is 4. The normalized spacial score (nSPS) is 12.9. The standard InChI is InChI=1S/C24H21NO4/c26-22-11-9-19(10-12-22)18-5-7-20(8-6-18)24(28)29-16-23(27)25-14-13-17-3-1-2-4-21(17)15-25/h1-12,26H,13-16H2. The summed E-state index contributed by atoms with van der Waals surface area (Å²) in [5.41, 5.74) is 4.66. The number of carbonyl (C=O) groups is 2. The molecule has 0 aromatic heterocycles. The summed E-state index contributed by atoms with van der Waals surface area (Å²) in [6, 6.07) is 21.9. The number of hydrogen-bond acceptors (Lipinski definition) is 4. The molecule has 146 valence electrons. The molecule has 1 heterocycles. The Bertz CT molecular complexity index is 1030. The number of phenols is 1. The van der Waals surface area contributed by atoms with Crippen LogP contribution in [-0.2, 0) is 22.5 Å². The second kappa shape index (κ2) is 8.19. The summed E-state index contributed by atoms with van der Waals surface area (Å²) in [6.45, 7) is 0.920. The minimum atomic E-state index is -0.520. The first-order chi connectivity index (χ1) is 14.1. The molecule has 3 aromatic rings. The number of phenolic OH excluding ortho intramolecular Hbond substituents is 1. The molecular formula is C24H21NO4. The molecule has 1 N–H and O–H groups in total. The molecule has 5 nitrogen and oxygen atoms in total. The quantitative estimate of drug-likeness (QED) is 0.692. The topological polar surface area (TPSA) is 66.8 Å². The number of hydrogen-bond donors (Lipinski definition) is 1. The molecule has 4 rings (SSSR count). The van der Waals surface area contributed by atoms with Crippen molar-refractivity contribution in [1.29, 1.82) is 0 Å². The molecule has 1 aliphatic heterocycles. The summed E-state index contributed by atoms with van der Waals surface area (Å²) in [7, 11) is 0. The molecular weight excluding hydrogens is 366 g/mol. The first kappa shape index (κ1) is 18.7. The van der Waals surface area contributed by atoms with Crippen LogP contribution in [0.3, 0.4) is 0 Å². The Morgan fingerprint density at radius 1 is 0.862 bits per heavy atom. The molecule has 0 saturated carbocycles. The van der Waals surface area contributed by atoms with E-state index in [0.717, 1.165) is 23.1 Å². The Kier molecular flexibility index (Phi) is 5.29. The molecule has 0 aliphatic carbocycles. The van der Waals surface area contributed by atoms with Crippen molar-refractivity contribution >= 4 is 11.9 Å². The molecule has 0 unspecified atom stereocenters. The first-order valence-electron chi connectivity index (χ1n) is 9.51. The predicted octanol–water partition coefficient (Wildman–Crippen LogP) is 3.80.